The summed E-state index contributed by atoms with van der Waals surface area (Å²) in [5, 5.41) is 12.4. The van der Waals surface area contributed by atoms with Crippen LogP contribution in [-0.2, 0) is 9.59 Å². The summed E-state index contributed by atoms with van der Waals surface area (Å²) >= 11 is 1.39. The Morgan fingerprint density at radius 1 is 1.44 bits per heavy atom. The molecule has 1 heterocycles. The molecule has 0 aliphatic heterocycles. The Morgan fingerprint density at radius 3 is 2.67 bits per heavy atom. The standard InChI is InChI=1S/C12H16N2O3S/c1-6-3-8(9(4-6)11(16)17)10(15)14-12-13-5-7(2)18-12/h5-6,8-9H,3-4H2,1-2H3,(H,16,17)(H,13,14,15). The number of aryl methyl sites for hydroxylation is 1. The molecule has 0 aromatic carbocycles. The van der Waals surface area contributed by atoms with Crippen molar-refractivity contribution in [2.75, 3.05) is 5.32 Å². The van der Waals surface area contributed by atoms with E-state index in [1.807, 2.05) is 13.8 Å². The molecule has 18 heavy (non-hydrogen) atoms. The van der Waals surface area contributed by atoms with Gasteiger partial charge in [0.15, 0.2) is 5.13 Å². The van der Waals surface area contributed by atoms with Gasteiger partial charge in [0.05, 0.1) is 11.8 Å². The highest BCUT2D eigenvalue weighted by atomic mass is 32.1. The molecule has 1 amide bonds. The summed E-state index contributed by atoms with van der Waals surface area (Å²) in [5.41, 5.74) is 0. The number of aliphatic carboxylic acids is 1. The molecule has 5 nitrogen and oxygen atoms in total. The molecule has 3 unspecified atom stereocenters. The molecule has 1 aliphatic rings. The van der Waals surface area contributed by atoms with E-state index in [9.17, 15) is 9.59 Å². The lowest BCUT2D eigenvalue weighted by atomic mass is 9.95. The minimum Gasteiger partial charge on any atom is -0.481 e. The maximum absolute atomic E-state index is 12.1. The Kier molecular flexibility index (Phi) is 3.65. The summed E-state index contributed by atoms with van der Waals surface area (Å²) in [6, 6.07) is 0. The number of nitrogens with one attached hydrogen (secondary N) is 1. The number of aromatic nitrogens is 1. The topological polar surface area (TPSA) is 79.3 Å². The minimum atomic E-state index is -0.880. The zero-order valence-electron chi connectivity index (χ0n) is 10.3. The molecule has 0 radical (unpaired) electrons. The number of carbonyl (C=O) groups excluding carboxylic acids is 1. The van der Waals surface area contributed by atoms with Gasteiger partial charge in [-0.05, 0) is 25.7 Å². The highest BCUT2D eigenvalue weighted by Crippen LogP contribution is 2.37. The summed E-state index contributed by atoms with van der Waals surface area (Å²) in [7, 11) is 0. The molecule has 0 spiro atoms. The van der Waals surface area contributed by atoms with Crippen LogP contribution in [0.2, 0.25) is 0 Å². The normalized spacial score (nSPS) is 27.1. The van der Waals surface area contributed by atoms with Crippen LogP contribution in [0.4, 0.5) is 5.13 Å². The third-order valence-corrected chi connectivity index (χ3v) is 4.13. The second-order valence-electron chi connectivity index (χ2n) is 4.89. The van der Waals surface area contributed by atoms with Crippen LogP contribution in [-0.4, -0.2) is 22.0 Å². The largest absolute Gasteiger partial charge is 0.481 e. The Bertz CT molecular complexity index is 472. The first-order chi connectivity index (χ1) is 8.47. The number of rotatable bonds is 3. The van der Waals surface area contributed by atoms with Gasteiger partial charge in [-0.1, -0.05) is 6.92 Å². The van der Waals surface area contributed by atoms with Crippen molar-refractivity contribution in [3.8, 4) is 0 Å². The highest BCUT2D eigenvalue weighted by molar-refractivity contribution is 7.15. The van der Waals surface area contributed by atoms with E-state index < -0.39 is 17.8 Å². The second kappa shape index (κ2) is 5.06. The third kappa shape index (κ3) is 2.69. The zero-order chi connectivity index (χ0) is 13.3. The predicted molar refractivity (Wildman–Crippen MR) is 68.5 cm³/mol. The molecule has 1 aromatic heterocycles. The molecule has 1 saturated carbocycles. The summed E-state index contributed by atoms with van der Waals surface area (Å²) in [6.45, 7) is 3.89. The van der Waals surface area contributed by atoms with E-state index in [-0.39, 0.29) is 11.8 Å². The van der Waals surface area contributed by atoms with Crippen LogP contribution in [0.3, 0.4) is 0 Å². The van der Waals surface area contributed by atoms with Gasteiger partial charge in [0.2, 0.25) is 5.91 Å². The van der Waals surface area contributed by atoms with Gasteiger partial charge in [-0.25, -0.2) is 4.98 Å². The highest BCUT2D eigenvalue weighted by Gasteiger charge is 2.41. The Balaban J connectivity index is 2.06. The first-order valence-electron chi connectivity index (χ1n) is 5.93. The van der Waals surface area contributed by atoms with Crippen LogP contribution in [0.5, 0.6) is 0 Å². The van der Waals surface area contributed by atoms with Crippen molar-refractivity contribution in [3.63, 3.8) is 0 Å². The maximum Gasteiger partial charge on any atom is 0.307 e. The fourth-order valence-corrected chi connectivity index (χ4v) is 3.13. The number of anilines is 1. The molecule has 1 fully saturated rings. The van der Waals surface area contributed by atoms with Crippen molar-refractivity contribution >= 4 is 28.3 Å². The lowest BCUT2D eigenvalue weighted by molar-refractivity contribution is -0.145. The van der Waals surface area contributed by atoms with Gasteiger partial charge < -0.3 is 10.4 Å². The number of hydrogen-bond donors (Lipinski definition) is 2. The number of thiazole rings is 1. The molecule has 2 N–H and O–H groups in total. The number of carbonyl (C=O) groups is 2. The van der Waals surface area contributed by atoms with Gasteiger partial charge in [0.1, 0.15) is 0 Å². The molecule has 98 valence electrons. The van der Waals surface area contributed by atoms with Crippen LogP contribution in [0, 0.1) is 24.7 Å². The smallest absolute Gasteiger partial charge is 0.307 e. The average molecular weight is 268 g/mol. The van der Waals surface area contributed by atoms with Crippen LogP contribution in [0.15, 0.2) is 6.20 Å². The van der Waals surface area contributed by atoms with Crippen LogP contribution >= 0.6 is 11.3 Å². The maximum atomic E-state index is 12.1. The number of hydrogen-bond acceptors (Lipinski definition) is 4. The molecule has 3 atom stereocenters. The fourth-order valence-electron chi connectivity index (χ4n) is 2.47. The van der Waals surface area contributed by atoms with Crippen LogP contribution in [0.1, 0.15) is 24.6 Å². The lowest BCUT2D eigenvalue weighted by Gasteiger charge is -2.14. The molecule has 6 heteroatoms. The Labute approximate surface area is 109 Å². The molecule has 1 aliphatic carbocycles. The number of carboxylic acid groups (broad SMARTS) is 1. The first-order valence-corrected chi connectivity index (χ1v) is 6.75. The van der Waals surface area contributed by atoms with Crippen molar-refractivity contribution in [2.45, 2.75) is 26.7 Å². The lowest BCUT2D eigenvalue weighted by Crippen LogP contribution is -2.29. The SMILES string of the molecule is Cc1cnc(NC(=O)C2CC(C)CC2C(=O)O)s1. The predicted octanol–water partition coefficient (Wildman–Crippen LogP) is 2.14. The van der Waals surface area contributed by atoms with E-state index in [1.165, 1.54) is 11.3 Å². The van der Waals surface area contributed by atoms with Crippen molar-refractivity contribution in [1.29, 1.82) is 0 Å². The second-order valence-corrected chi connectivity index (χ2v) is 6.13. The average Bonchev–Trinajstić information content (AvgIpc) is 2.85. The van der Waals surface area contributed by atoms with Crippen molar-refractivity contribution < 1.29 is 14.7 Å². The van der Waals surface area contributed by atoms with Gasteiger partial charge in [0.25, 0.3) is 0 Å². The molecule has 1 aromatic rings. The monoisotopic (exact) mass is 268 g/mol. The van der Waals surface area contributed by atoms with E-state index in [0.29, 0.717) is 18.0 Å². The van der Waals surface area contributed by atoms with Gasteiger partial charge >= 0.3 is 5.97 Å². The molecular weight excluding hydrogens is 252 g/mol. The Morgan fingerprint density at radius 2 is 2.11 bits per heavy atom. The number of carboxylic acids is 1. The number of amides is 1. The molecular formula is C12H16N2O3S. The zero-order valence-corrected chi connectivity index (χ0v) is 11.2. The van der Waals surface area contributed by atoms with Gasteiger partial charge in [-0.15, -0.1) is 11.3 Å². The molecule has 0 saturated heterocycles. The van der Waals surface area contributed by atoms with Crippen molar-refractivity contribution in [1.82, 2.24) is 4.98 Å². The van der Waals surface area contributed by atoms with Gasteiger partial charge in [0, 0.05) is 11.1 Å². The number of nitrogens with zero attached hydrogens (tertiary/aromatic N) is 1. The van der Waals surface area contributed by atoms with Crippen molar-refractivity contribution in [2.24, 2.45) is 17.8 Å². The summed E-state index contributed by atoms with van der Waals surface area (Å²) < 4.78 is 0. The van der Waals surface area contributed by atoms with E-state index in [0.717, 1.165) is 4.88 Å². The molecule has 0 bridgehead atoms. The minimum absolute atomic E-state index is 0.221. The quantitative estimate of drug-likeness (QED) is 0.880. The van der Waals surface area contributed by atoms with Crippen molar-refractivity contribution in [3.05, 3.63) is 11.1 Å². The fraction of sp³-hybridized carbons (Fsp3) is 0.583. The van der Waals surface area contributed by atoms with E-state index in [4.69, 9.17) is 5.11 Å². The summed E-state index contributed by atoms with van der Waals surface area (Å²) in [5.74, 6) is -1.83. The van der Waals surface area contributed by atoms with Gasteiger partial charge in [-0.3, -0.25) is 9.59 Å². The first kappa shape index (κ1) is 13.0. The Hall–Kier alpha value is -1.43. The van der Waals surface area contributed by atoms with Gasteiger partial charge in [-0.2, -0.15) is 0 Å². The van der Waals surface area contributed by atoms with E-state index in [1.54, 1.807) is 6.20 Å². The summed E-state index contributed by atoms with van der Waals surface area (Å²) in [6.07, 6.45) is 2.89. The summed E-state index contributed by atoms with van der Waals surface area (Å²) in [4.78, 5) is 28.3. The van der Waals surface area contributed by atoms with E-state index >= 15 is 0 Å². The van der Waals surface area contributed by atoms with Crippen LogP contribution < -0.4 is 5.32 Å². The van der Waals surface area contributed by atoms with E-state index in [2.05, 4.69) is 10.3 Å². The molecule has 2 rings (SSSR count). The van der Waals surface area contributed by atoms with Crippen LogP contribution in [0.25, 0.3) is 0 Å². The third-order valence-electron chi connectivity index (χ3n) is 3.30.